The van der Waals surface area contributed by atoms with Crippen molar-refractivity contribution in [2.45, 2.75) is 58.5 Å². The Kier molecular flexibility index (Phi) is 7.44. The second-order valence-electron chi connectivity index (χ2n) is 10.2. The van der Waals surface area contributed by atoms with E-state index in [0.29, 0.717) is 22.9 Å². The van der Waals surface area contributed by atoms with Crippen molar-refractivity contribution in [2.75, 3.05) is 6.61 Å². The molecule has 2 aromatic carbocycles. The number of hydrogen-bond donors (Lipinski definition) is 1. The van der Waals surface area contributed by atoms with Crippen LogP contribution in [0.2, 0.25) is 10.0 Å². The standard InChI is InChI=1S/C27H33Cl2NO2/c1-6-14-27(5)16-22(19-8-7-9-21(29)15-19)24(18-10-12-20(28)13-11-18)30(25(27)32)23(17-31)26(2,3)4/h6-13,15,22-24,31H,1,14,16-17H2,2-5H3. The highest BCUT2D eigenvalue weighted by Crippen LogP contribution is 2.53. The highest BCUT2D eigenvalue weighted by Gasteiger charge is 2.52. The quantitative estimate of drug-likeness (QED) is 0.456. The van der Waals surface area contributed by atoms with E-state index in [1.165, 1.54) is 0 Å². The van der Waals surface area contributed by atoms with Crippen LogP contribution < -0.4 is 0 Å². The zero-order valence-electron chi connectivity index (χ0n) is 19.3. The minimum atomic E-state index is -0.629. The monoisotopic (exact) mass is 473 g/mol. The Labute approximate surface area is 202 Å². The number of benzene rings is 2. The van der Waals surface area contributed by atoms with Gasteiger partial charge in [0, 0.05) is 16.0 Å². The predicted octanol–water partition coefficient (Wildman–Crippen LogP) is 7.04. The smallest absolute Gasteiger partial charge is 0.229 e. The van der Waals surface area contributed by atoms with Gasteiger partial charge in [0.05, 0.1) is 24.1 Å². The fourth-order valence-corrected chi connectivity index (χ4v) is 5.33. The number of aliphatic hydroxyl groups excluding tert-OH is 1. The van der Waals surface area contributed by atoms with E-state index >= 15 is 0 Å². The minimum Gasteiger partial charge on any atom is -0.394 e. The summed E-state index contributed by atoms with van der Waals surface area (Å²) in [5.41, 5.74) is 1.13. The van der Waals surface area contributed by atoms with E-state index in [4.69, 9.17) is 23.2 Å². The average molecular weight is 474 g/mol. The Hall–Kier alpha value is -1.81. The van der Waals surface area contributed by atoms with Crippen molar-refractivity contribution in [1.29, 1.82) is 0 Å². The Balaban J connectivity index is 2.27. The van der Waals surface area contributed by atoms with E-state index in [1.807, 2.05) is 60.4 Å². The number of likely N-dealkylation sites (tertiary alicyclic amines) is 1. The molecule has 0 saturated carbocycles. The molecule has 1 N–H and O–H groups in total. The molecule has 0 aliphatic carbocycles. The number of allylic oxidation sites excluding steroid dienone is 1. The van der Waals surface area contributed by atoms with Gasteiger partial charge in [-0.3, -0.25) is 4.79 Å². The van der Waals surface area contributed by atoms with Crippen molar-refractivity contribution in [3.8, 4) is 0 Å². The molecule has 3 rings (SSSR count). The Morgan fingerprint density at radius 2 is 1.81 bits per heavy atom. The maximum atomic E-state index is 14.1. The zero-order valence-corrected chi connectivity index (χ0v) is 20.8. The van der Waals surface area contributed by atoms with Gasteiger partial charge in [-0.2, -0.15) is 0 Å². The van der Waals surface area contributed by atoms with E-state index in [1.54, 1.807) is 0 Å². The van der Waals surface area contributed by atoms with Gasteiger partial charge < -0.3 is 10.0 Å². The van der Waals surface area contributed by atoms with E-state index in [9.17, 15) is 9.90 Å². The fourth-order valence-electron chi connectivity index (χ4n) is 5.01. The number of piperidine rings is 1. The summed E-state index contributed by atoms with van der Waals surface area (Å²) in [7, 11) is 0. The number of amides is 1. The molecule has 32 heavy (non-hydrogen) atoms. The number of rotatable bonds is 6. The Morgan fingerprint density at radius 3 is 2.34 bits per heavy atom. The largest absolute Gasteiger partial charge is 0.394 e. The molecule has 3 nitrogen and oxygen atoms in total. The number of halogens is 2. The van der Waals surface area contributed by atoms with Gasteiger partial charge in [-0.15, -0.1) is 6.58 Å². The molecular weight excluding hydrogens is 441 g/mol. The third kappa shape index (κ3) is 4.90. The van der Waals surface area contributed by atoms with Gasteiger partial charge in [-0.05, 0) is 53.6 Å². The molecule has 1 aliphatic rings. The summed E-state index contributed by atoms with van der Waals surface area (Å²) in [5, 5.41) is 11.8. The van der Waals surface area contributed by atoms with Crippen LogP contribution in [0.3, 0.4) is 0 Å². The molecule has 0 radical (unpaired) electrons. The third-order valence-electron chi connectivity index (χ3n) is 6.69. The number of carbonyl (C=O) groups is 1. The van der Waals surface area contributed by atoms with Crippen LogP contribution in [0, 0.1) is 10.8 Å². The van der Waals surface area contributed by atoms with Crippen LogP contribution in [0.1, 0.15) is 63.6 Å². The second-order valence-corrected chi connectivity index (χ2v) is 11.1. The molecule has 1 aliphatic heterocycles. The molecule has 1 fully saturated rings. The van der Waals surface area contributed by atoms with Crippen molar-refractivity contribution in [3.05, 3.63) is 82.4 Å². The normalized spacial score (nSPS) is 25.0. The van der Waals surface area contributed by atoms with E-state index in [2.05, 4.69) is 33.4 Å². The van der Waals surface area contributed by atoms with Crippen LogP contribution in [-0.2, 0) is 4.79 Å². The van der Waals surface area contributed by atoms with E-state index in [0.717, 1.165) is 11.1 Å². The molecule has 2 aromatic rings. The molecule has 0 aromatic heterocycles. The highest BCUT2D eigenvalue weighted by molar-refractivity contribution is 6.30. The van der Waals surface area contributed by atoms with Crippen LogP contribution in [-0.4, -0.2) is 28.6 Å². The topological polar surface area (TPSA) is 40.5 Å². The van der Waals surface area contributed by atoms with Crippen molar-refractivity contribution >= 4 is 29.1 Å². The molecule has 1 amide bonds. The summed E-state index contributed by atoms with van der Waals surface area (Å²) in [4.78, 5) is 16.0. The number of aliphatic hydroxyl groups is 1. The molecule has 4 unspecified atom stereocenters. The number of carbonyl (C=O) groups excluding carboxylic acids is 1. The van der Waals surface area contributed by atoms with E-state index < -0.39 is 5.41 Å². The summed E-state index contributed by atoms with van der Waals surface area (Å²) in [5.74, 6) is 0.0403. The molecular formula is C27H33Cl2NO2. The lowest BCUT2D eigenvalue weighted by Gasteiger charge is -2.54. The van der Waals surface area contributed by atoms with Crippen LogP contribution in [0.5, 0.6) is 0 Å². The Morgan fingerprint density at radius 1 is 1.16 bits per heavy atom. The second kappa shape index (κ2) is 9.59. The molecule has 1 saturated heterocycles. The first kappa shape index (κ1) is 24.8. The summed E-state index contributed by atoms with van der Waals surface area (Å²) in [6.07, 6.45) is 3.04. The van der Waals surface area contributed by atoms with Gasteiger partial charge >= 0.3 is 0 Å². The maximum Gasteiger partial charge on any atom is 0.229 e. The van der Waals surface area contributed by atoms with Gasteiger partial charge in [0.2, 0.25) is 5.91 Å². The molecule has 5 heteroatoms. The maximum absolute atomic E-state index is 14.1. The lowest BCUT2D eigenvalue weighted by atomic mass is 9.66. The van der Waals surface area contributed by atoms with Gasteiger partial charge in [-0.25, -0.2) is 0 Å². The van der Waals surface area contributed by atoms with Crippen LogP contribution >= 0.6 is 23.2 Å². The van der Waals surface area contributed by atoms with Crippen LogP contribution in [0.4, 0.5) is 0 Å². The molecule has 0 bridgehead atoms. The summed E-state index contributed by atoms with van der Waals surface area (Å²) < 4.78 is 0. The van der Waals surface area contributed by atoms with Crippen molar-refractivity contribution in [2.24, 2.45) is 10.8 Å². The van der Waals surface area contributed by atoms with E-state index in [-0.39, 0.29) is 35.9 Å². The first-order valence-corrected chi connectivity index (χ1v) is 11.8. The van der Waals surface area contributed by atoms with Crippen molar-refractivity contribution < 1.29 is 9.90 Å². The molecule has 172 valence electrons. The van der Waals surface area contributed by atoms with Crippen LogP contribution in [0.15, 0.2) is 61.2 Å². The molecule has 0 spiro atoms. The highest BCUT2D eigenvalue weighted by atomic mass is 35.5. The summed E-state index contributed by atoms with van der Waals surface area (Å²) >= 11 is 12.6. The lowest BCUT2D eigenvalue weighted by molar-refractivity contribution is -0.160. The zero-order chi connectivity index (χ0) is 23.7. The fraction of sp³-hybridized carbons (Fsp3) is 0.444. The summed E-state index contributed by atoms with van der Waals surface area (Å²) in [6, 6.07) is 15.0. The SMILES string of the molecule is C=CCC1(C)CC(c2cccc(Cl)c2)C(c2ccc(Cl)cc2)N(C(CO)C(C)(C)C)C1=O. The van der Waals surface area contributed by atoms with Gasteiger partial charge in [0.25, 0.3) is 0 Å². The lowest BCUT2D eigenvalue weighted by Crippen LogP contribution is -2.59. The average Bonchev–Trinajstić information content (AvgIpc) is 2.71. The van der Waals surface area contributed by atoms with Gasteiger partial charge in [0.1, 0.15) is 0 Å². The number of nitrogens with zero attached hydrogens (tertiary/aromatic N) is 1. The van der Waals surface area contributed by atoms with Crippen molar-refractivity contribution in [1.82, 2.24) is 4.90 Å². The number of hydrogen-bond acceptors (Lipinski definition) is 2. The van der Waals surface area contributed by atoms with Gasteiger partial charge in [-0.1, -0.05) is 81.2 Å². The van der Waals surface area contributed by atoms with Gasteiger partial charge in [0.15, 0.2) is 0 Å². The molecule has 1 heterocycles. The first-order valence-electron chi connectivity index (χ1n) is 11.1. The van der Waals surface area contributed by atoms with Crippen molar-refractivity contribution in [3.63, 3.8) is 0 Å². The minimum absolute atomic E-state index is 0.00562. The summed E-state index contributed by atoms with van der Waals surface area (Å²) in [6.45, 7) is 12.0. The van der Waals surface area contributed by atoms with Crippen LogP contribution in [0.25, 0.3) is 0 Å². The Bertz CT molecular complexity index is 966. The molecule has 4 atom stereocenters. The predicted molar refractivity (Wildman–Crippen MR) is 133 cm³/mol. The third-order valence-corrected chi connectivity index (χ3v) is 7.18. The first-order chi connectivity index (χ1) is 15.0.